The summed E-state index contributed by atoms with van der Waals surface area (Å²) in [6, 6.07) is 5.37. The van der Waals surface area contributed by atoms with Gasteiger partial charge in [-0.2, -0.15) is 23.3 Å². The Morgan fingerprint density at radius 1 is 1.14 bits per heavy atom. The Balaban J connectivity index is 2.05. The number of nitrogen functional groups attached to an aromatic ring is 1. The van der Waals surface area contributed by atoms with E-state index < -0.39 is 11.7 Å². The number of alkyl halides is 3. The molecule has 0 bridgehead atoms. The van der Waals surface area contributed by atoms with Gasteiger partial charge in [-0.25, -0.2) is 9.67 Å². The molecule has 5 nitrogen and oxygen atoms in total. The van der Waals surface area contributed by atoms with Crippen molar-refractivity contribution in [1.82, 2.24) is 19.7 Å². The first-order valence-corrected chi connectivity index (χ1v) is 6.04. The molecular formula is C13H10F3N5. The summed E-state index contributed by atoms with van der Waals surface area (Å²) in [5.74, 6) is 0.0494. The molecule has 0 saturated heterocycles. The minimum atomic E-state index is -4.41. The normalized spacial score (nSPS) is 12.0. The van der Waals surface area contributed by atoms with Crippen LogP contribution in [0.15, 0.2) is 36.7 Å². The second-order valence-electron chi connectivity index (χ2n) is 4.46. The highest BCUT2D eigenvalue weighted by Gasteiger charge is 2.33. The van der Waals surface area contributed by atoms with Crippen LogP contribution in [0.3, 0.4) is 0 Å². The van der Waals surface area contributed by atoms with Crippen molar-refractivity contribution in [2.24, 2.45) is 0 Å². The zero-order valence-corrected chi connectivity index (χ0v) is 10.7. The highest BCUT2D eigenvalue weighted by atomic mass is 19.4. The molecule has 8 heteroatoms. The van der Waals surface area contributed by atoms with Crippen LogP contribution >= 0.6 is 0 Å². The molecule has 3 rings (SSSR count). The molecule has 2 N–H and O–H groups in total. The van der Waals surface area contributed by atoms with Gasteiger partial charge in [0.1, 0.15) is 0 Å². The van der Waals surface area contributed by atoms with Crippen LogP contribution in [0, 0.1) is 0 Å². The van der Waals surface area contributed by atoms with Crippen molar-refractivity contribution in [3.63, 3.8) is 0 Å². The van der Waals surface area contributed by atoms with Gasteiger partial charge in [-0.1, -0.05) is 18.2 Å². The molecule has 0 amide bonds. The monoisotopic (exact) mass is 293 g/mol. The number of fused-ring (bicyclic) bond motifs is 1. The van der Waals surface area contributed by atoms with Crippen LogP contribution in [0.25, 0.3) is 11.0 Å². The van der Waals surface area contributed by atoms with Gasteiger partial charge < -0.3 is 5.73 Å². The molecule has 0 aliphatic heterocycles. The molecule has 3 aromatic rings. The van der Waals surface area contributed by atoms with Crippen molar-refractivity contribution in [2.45, 2.75) is 12.7 Å². The lowest BCUT2D eigenvalue weighted by Crippen LogP contribution is -2.12. The van der Waals surface area contributed by atoms with Crippen LogP contribution in [0.5, 0.6) is 0 Å². The van der Waals surface area contributed by atoms with Gasteiger partial charge in [-0.15, -0.1) is 0 Å². The fourth-order valence-corrected chi connectivity index (χ4v) is 2.09. The van der Waals surface area contributed by atoms with Crippen molar-refractivity contribution >= 4 is 17.0 Å². The number of hydrogen-bond donors (Lipinski definition) is 1. The number of nitrogens with two attached hydrogens (primary N) is 1. The molecular weight excluding hydrogens is 283 g/mol. The van der Waals surface area contributed by atoms with Gasteiger partial charge >= 0.3 is 6.18 Å². The smallest absolute Gasteiger partial charge is 0.368 e. The summed E-state index contributed by atoms with van der Waals surface area (Å²) in [6.07, 6.45) is -1.44. The van der Waals surface area contributed by atoms with E-state index in [4.69, 9.17) is 5.73 Å². The highest BCUT2D eigenvalue weighted by molar-refractivity contribution is 5.74. The van der Waals surface area contributed by atoms with Crippen LogP contribution in [0.4, 0.5) is 19.1 Å². The number of benzene rings is 1. The average Bonchev–Trinajstić information content (AvgIpc) is 2.81. The maximum absolute atomic E-state index is 13.0. The van der Waals surface area contributed by atoms with Crippen LogP contribution in [-0.4, -0.2) is 19.7 Å². The Morgan fingerprint density at radius 2 is 1.90 bits per heavy atom. The van der Waals surface area contributed by atoms with Gasteiger partial charge in [-0.05, 0) is 11.6 Å². The molecule has 2 heterocycles. The molecule has 0 saturated carbocycles. The van der Waals surface area contributed by atoms with E-state index in [1.54, 1.807) is 6.07 Å². The Bertz CT molecular complexity index is 794. The van der Waals surface area contributed by atoms with Gasteiger partial charge in [-0.3, -0.25) is 0 Å². The molecule has 108 valence electrons. The van der Waals surface area contributed by atoms with E-state index in [-0.39, 0.29) is 18.1 Å². The van der Waals surface area contributed by atoms with Crippen molar-refractivity contribution in [3.05, 3.63) is 47.8 Å². The lowest BCUT2D eigenvalue weighted by atomic mass is 10.1. The molecule has 21 heavy (non-hydrogen) atoms. The standard InChI is InChI=1S/C13H10F3N5/c14-13(15,16)10-4-2-1-3-8(10)7-21-11-9(6-19-21)5-18-12(17)20-11/h1-6H,7H2,(H2,17,18,20). The molecule has 0 aliphatic carbocycles. The van der Waals surface area contributed by atoms with Gasteiger partial charge in [0, 0.05) is 6.20 Å². The summed E-state index contributed by atoms with van der Waals surface area (Å²) in [4.78, 5) is 7.83. The van der Waals surface area contributed by atoms with Gasteiger partial charge in [0.2, 0.25) is 5.95 Å². The first kappa shape index (κ1) is 13.3. The Labute approximate surface area is 117 Å². The zero-order valence-electron chi connectivity index (χ0n) is 10.7. The van der Waals surface area contributed by atoms with Crippen molar-refractivity contribution in [2.75, 3.05) is 5.73 Å². The minimum absolute atomic E-state index is 0.0460. The van der Waals surface area contributed by atoms with Crippen molar-refractivity contribution in [3.8, 4) is 0 Å². The van der Waals surface area contributed by atoms with Crippen LogP contribution < -0.4 is 5.73 Å². The Kier molecular flexibility index (Phi) is 3.00. The topological polar surface area (TPSA) is 69.6 Å². The maximum Gasteiger partial charge on any atom is 0.416 e. The van der Waals surface area contributed by atoms with Gasteiger partial charge in [0.15, 0.2) is 5.65 Å². The summed E-state index contributed by atoms with van der Waals surface area (Å²) in [5.41, 5.74) is 5.34. The highest BCUT2D eigenvalue weighted by Crippen LogP contribution is 2.32. The van der Waals surface area contributed by atoms with E-state index >= 15 is 0 Å². The lowest BCUT2D eigenvalue weighted by molar-refractivity contribution is -0.138. The van der Waals surface area contributed by atoms with E-state index in [1.165, 1.54) is 29.2 Å². The second-order valence-corrected chi connectivity index (χ2v) is 4.46. The first-order chi connectivity index (χ1) is 9.95. The second kappa shape index (κ2) is 4.72. The molecule has 0 spiro atoms. The third kappa shape index (κ3) is 2.51. The van der Waals surface area contributed by atoms with Crippen LogP contribution in [-0.2, 0) is 12.7 Å². The zero-order chi connectivity index (χ0) is 15.0. The maximum atomic E-state index is 13.0. The van der Waals surface area contributed by atoms with Crippen molar-refractivity contribution in [1.29, 1.82) is 0 Å². The third-order valence-electron chi connectivity index (χ3n) is 3.04. The quantitative estimate of drug-likeness (QED) is 0.788. The number of hydrogen-bond acceptors (Lipinski definition) is 4. The van der Waals surface area contributed by atoms with E-state index in [2.05, 4.69) is 15.1 Å². The molecule has 1 aromatic carbocycles. The van der Waals surface area contributed by atoms with Crippen LogP contribution in [0.1, 0.15) is 11.1 Å². The van der Waals surface area contributed by atoms with E-state index in [1.807, 2.05) is 0 Å². The van der Waals surface area contributed by atoms with E-state index in [0.717, 1.165) is 6.07 Å². The van der Waals surface area contributed by atoms with E-state index in [9.17, 15) is 13.2 Å². The number of halogens is 3. The fraction of sp³-hybridized carbons (Fsp3) is 0.154. The number of nitrogens with zero attached hydrogens (tertiary/aromatic N) is 4. The number of aromatic nitrogens is 4. The summed E-state index contributed by atoms with van der Waals surface area (Å²) >= 11 is 0. The SMILES string of the molecule is Nc1ncc2cnn(Cc3ccccc3C(F)(F)F)c2n1. The molecule has 0 unspecified atom stereocenters. The molecule has 0 atom stereocenters. The summed E-state index contributed by atoms with van der Waals surface area (Å²) in [7, 11) is 0. The fourth-order valence-electron chi connectivity index (χ4n) is 2.09. The number of rotatable bonds is 2. The third-order valence-corrected chi connectivity index (χ3v) is 3.04. The lowest BCUT2D eigenvalue weighted by Gasteiger charge is -2.12. The molecule has 0 radical (unpaired) electrons. The first-order valence-electron chi connectivity index (χ1n) is 6.04. The minimum Gasteiger partial charge on any atom is -0.368 e. The largest absolute Gasteiger partial charge is 0.416 e. The summed E-state index contributed by atoms with van der Waals surface area (Å²) in [6.45, 7) is -0.0460. The Morgan fingerprint density at radius 3 is 2.67 bits per heavy atom. The number of anilines is 1. The summed E-state index contributed by atoms with van der Waals surface area (Å²) in [5, 5.41) is 4.67. The van der Waals surface area contributed by atoms with Gasteiger partial charge in [0.25, 0.3) is 0 Å². The molecule has 2 aromatic heterocycles. The van der Waals surface area contributed by atoms with E-state index in [0.29, 0.717) is 11.0 Å². The summed E-state index contributed by atoms with van der Waals surface area (Å²) < 4.78 is 40.3. The van der Waals surface area contributed by atoms with Crippen molar-refractivity contribution < 1.29 is 13.2 Å². The molecule has 0 fully saturated rings. The van der Waals surface area contributed by atoms with Crippen LogP contribution in [0.2, 0.25) is 0 Å². The predicted molar refractivity (Wildman–Crippen MR) is 70.3 cm³/mol. The Hall–Kier alpha value is -2.64. The predicted octanol–water partition coefficient (Wildman–Crippen LogP) is 2.48. The molecule has 0 aliphatic rings. The average molecular weight is 293 g/mol. The van der Waals surface area contributed by atoms with Gasteiger partial charge in [0.05, 0.1) is 23.7 Å².